The van der Waals surface area contributed by atoms with Gasteiger partial charge in [-0.15, -0.1) is 0 Å². The molecule has 0 radical (unpaired) electrons. The minimum atomic E-state index is -0.795. The molecular formula is C21H15Cl4NO5. The minimum absolute atomic E-state index is 0.192. The molecule has 31 heavy (non-hydrogen) atoms. The van der Waals surface area contributed by atoms with Crippen LogP contribution >= 0.6 is 46.4 Å². The average molecular weight is 503 g/mol. The summed E-state index contributed by atoms with van der Waals surface area (Å²) >= 11 is 23.4. The number of amides is 1. The second-order valence-corrected chi connectivity index (χ2v) is 8.03. The molecule has 0 aliphatic carbocycles. The fraction of sp³-hybridized carbons (Fsp3) is 0.0952. The van der Waals surface area contributed by atoms with E-state index in [0.29, 0.717) is 28.0 Å². The molecule has 6 nitrogen and oxygen atoms in total. The predicted molar refractivity (Wildman–Crippen MR) is 120 cm³/mol. The van der Waals surface area contributed by atoms with E-state index in [1.807, 2.05) is 12.1 Å². The molecule has 0 saturated heterocycles. The van der Waals surface area contributed by atoms with E-state index >= 15 is 0 Å². The van der Waals surface area contributed by atoms with Crippen molar-refractivity contribution in [2.45, 2.75) is 6.42 Å². The zero-order valence-electron chi connectivity index (χ0n) is 15.6. The number of phenolic OH excluding ortho intramolecular Hbond substituents is 3. The van der Waals surface area contributed by atoms with E-state index in [1.54, 1.807) is 30.3 Å². The first-order chi connectivity index (χ1) is 14.7. The van der Waals surface area contributed by atoms with Crippen LogP contribution < -0.4 is 10.1 Å². The lowest BCUT2D eigenvalue weighted by Crippen LogP contribution is -2.26. The Kier molecular flexibility index (Phi) is 7.28. The maximum atomic E-state index is 12.3. The minimum Gasteiger partial charge on any atom is -0.505 e. The Morgan fingerprint density at radius 3 is 1.90 bits per heavy atom. The first-order valence-corrected chi connectivity index (χ1v) is 10.3. The Labute approximate surface area is 197 Å². The molecule has 0 aliphatic rings. The van der Waals surface area contributed by atoms with Crippen LogP contribution in [0.25, 0.3) is 0 Å². The number of carbonyl (C=O) groups is 1. The summed E-state index contributed by atoms with van der Waals surface area (Å²) in [4.78, 5) is 12.3. The van der Waals surface area contributed by atoms with Crippen molar-refractivity contribution in [3.63, 3.8) is 0 Å². The molecule has 3 rings (SSSR count). The fourth-order valence-corrected chi connectivity index (χ4v) is 3.66. The van der Waals surface area contributed by atoms with Crippen LogP contribution in [0.5, 0.6) is 28.7 Å². The largest absolute Gasteiger partial charge is 0.505 e. The van der Waals surface area contributed by atoms with Gasteiger partial charge in [-0.3, -0.25) is 4.79 Å². The number of nitrogens with one attached hydrogen (secondary N) is 1. The van der Waals surface area contributed by atoms with Gasteiger partial charge < -0.3 is 25.4 Å². The molecule has 0 saturated carbocycles. The van der Waals surface area contributed by atoms with Crippen LogP contribution in [0, 0.1) is 0 Å². The molecule has 0 spiro atoms. The van der Waals surface area contributed by atoms with E-state index in [0.717, 1.165) is 5.56 Å². The van der Waals surface area contributed by atoms with Crippen molar-refractivity contribution in [1.82, 2.24) is 5.32 Å². The summed E-state index contributed by atoms with van der Waals surface area (Å²) in [6, 6.07) is 12.0. The first-order valence-electron chi connectivity index (χ1n) is 8.80. The monoisotopic (exact) mass is 501 g/mol. The lowest BCUT2D eigenvalue weighted by molar-refractivity contribution is 0.0948. The Morgan fingerprint density at radius 2 is 1.35 bits per heavy atom. The third-order valence-corrected chi connectivity index (χ3v) is 5.38. The zero-order valence-corrected chi connectivity index (χ0v) is 18.6. The van der Waals surface area contributed by atoms with Gasteiger partial charge in [-0.05, 0) is 42.3 Å². The van der Waals surface area contributed by atoms with E-state index < -0.39 is 38.8 Å². The second kappa shape index (κ2) is 9.75. The fourth-order valence-electron chi connectivity index (χ4n) is 2.72. The zero-order chi connectivity index (χ0) is 22.7. The molecule has 0 bridgehead atoms. The molecule has 0 heterocycles. The molecule has 0 atom stereocenters. The van der Waals surface area contributed by atoms with Crippen molar-refractivity contribution in [2.75, 3.05) is 6.54 Å². The van der Waals surface area contributed by atoms with Crippen molar-refractivity contribution in [3.8, 4) is 28.7 Å². The van der Waals surface area contributed by atoms with Gasteiger partial charge >= 0.3 is 0 Å². The highest BCUT2D eigenvalue weighted by atomic mass is 35.5. The summed E-state index contributed by atoms with van der Waals surface area (Å²) in [6.45, 7) is 0.192. The van der Waals surface area contributed by atoms with E-state index in [4.69, 9.17) is 51.1 Å². The number of benzene rings is 3. The standard InChI is InChI=1S/C21H15Cl4NO5/c22-11-7-12(23)9-14(8-11)31-13-3-1-10(2-4-13)5-6-26-21(30)15-18(27)16(24)20(29)17(25)19(15)28/h1-4,7-9,27-29H,5-6H2,(H,26,30). The molecule has 162 valence electrons. The van der Waals surface area contributed by atoms with Crippen molar-refractivity contribution >= 4 is 52.3 Å². The second-order valence-electron chi connectivity index (χ2n) is 6.41. The molecule has 0 aromatic heterocycles. The van der Waals surface area contributed by atoms with Gasteiger partial charge in [0.2, 0.25) is 0 Å². The summed E-state index contributed by atoms with van der Waals surface area (Å²) in [5.41, 5.74) is 0.378. The van der Waals surface area contributed by atoms with Gasteiger partial charge in [-0.1, -0.05) is 58.5 Å². The SMILES string of the molecule is O=C(NCCc1ccc(Oc2cc(Cl)cc(Cl)c2)cc1)c1c(O)c(Cl)c(O)c(Cl)c1O. The van der Waals surface area contributed by atoms with Crippen LogP contribution in [0.4, 0.5) is 0 Å². The number of phenols is 3. The van der Waals surface area contributed by atoms with Crippen LogP contribution in [0.2, 0.25) is 20.1 Å². The quantitative estimate of drug-likeness (QED) is 0.322. The molecule has 1 amide bonds. The van der Waals surface area contributed by atoms with Crippen LogP contribution in [-0.2, 0) is 6.42 Å². The summed E-state index contributed by atoms with van der Waals surface area (Å²) in [5.74, 6) is -1.95. The van der Waals surface area contributed by atoms with E-state index in [-0.39, 0.29) is 6.54 Å². The van der Waals surface area contributed by atoms with Crippen LogP contribution in [0.3, 0.4) is 0 Å². The Hall–Kier alpha value is -2.51. The van der Waals surface area contributed by atoms with Crippen LogP contribution in [-0.4, -0.2) is 27.8 Å². The molecule has 3 aromatic rings. The average Bonchev–Trinajstić information content (AvgIpc) is 2.71. The van der Waals surface area contributed by atoms with Crippen molar-refractivity contribution in [1.29, 1.82) is 0 Å². The molecule has 0 fully saturated rings. The third-order valence-electron chi connectivity index (χ3n) is 4.23. The van der Waals surface area contributed by atoms with Crippen LogP contribution in [0.15, 0.2) is 42.5 Å². The van der Waals surface area contributed by atoms with E-state index in [1.165, 1.54) is 0 Å². The lowest BCUT2D eigenvalue weighted by Gasteiger charge is -2.12. The smallest absolute Gasteiger partial charge is 0.258 e. The summed E-state index contributed by atoms with van der Waals surface area (Å²) in [7, 11) is 0. The lowest BCUT2D eigenvalue weighted by atomic mass is 10.1. The van der Waals surface area contributed by atoms with Gasteiger partial charge in [0.25, 0.3) is 5.91 Å². The van der Waals surface area contributed by atoms with Crippen molar-refractivity contribution < 1.29 is 24.9 Å². The van der Waals surface area contributed by atoms with Crippen molar-refractivity contribution in [2.24, 2.45) is 0 Å². The van der Waals surface area contributed by atoms with Gasteiger partial charge in [0.15, 0.2) is 17.2 Å². The van der Waals surface area contributed by atoms with Gasteiger partial charge in [0, 0.05) is 16.6 Å². The highest BCUT2D eigenvalue weighted by molar-refractivity contribution is 6.40. The number of rotatable bonds is 6. The molecule has 10 heteroatoms. The Morgan fingerprint density at radius 1 is 0.806 bits per heavy atom. The topological polar surface area (TPSA) is 99.0 Å². The van der Waals surface area contributed by atoms with Gasteiger partial charge in [-0.25, -0.2) is 0 Å². The van der Waals surface area contributed by atoms with Crippen LogP contribution in [0.1, 0.15) is 15.9 Å². The van der Waals surface area contributed by atoms with Gasteiger partial charge in [0.05, 0.1) is 0 Å². The third kappa shape index (κ3) is 5.40. The van der Waals surface area contributed by atoms with Gasteiger partial charge in [0.1, 0.15) is 27.1 Å². The summed E-state index contributed by atoms with van der Waals surface area (Å²) in [6.07, 6.45) is 0.454. The van der Waals surface area contributed by atoms with Gasteiger partial charge in [-0.2, -0.15) is 0 Å². The van der Waals surface area contributed by atoms with Crippen molar-refractivity contribution in [3.05, 3.63) is 73.7 Å². The first kappa shape index (κ1) is 23.2. The predicted octanol–water partition coefficient (Wildman–Crippen LogP) is 6.18. The number of ether oxygens (including phenoxy) is 1. The summed E-state index contributed by atoms with van der Waals surface area (Å²) < 4.78 is 5.71. The normalized spacial score (nSPS) is 10.7. The number of hydrogen-bond acceptors (Lipinski definition) is 5. The highest BCUT2D eigenvalue weighted by Crippen LogP contribution is 2.47. The number of halogens is 4. The maximum Gasteiger partial charge on any atom is 0.258 e. The molecule has 0 aliphatic heterocycles. The highest BCUT2D eigenvalue weighted by Gasteiger charge is 2.26. The molecule has 3 aromatic carbocycles. The molecule has 0 unspecified atom stereocenters. The Bertz CT molecular complexity index is 1090. The molecule has 4 N–H and O–H groups in total. The van der Waals surface area contributed by atoms with E-state index in [9.17, 15) is 20.1 Å². The maximum absolute atomic E-state index is 12.3. The number of hydrogen-bond donors (Lipinski definition) is 4. The Balaban J connectivity index is 1.61. The number of aromatic hydroxyl groups is 3. The van der Waals surface area contributed by atoms with E-state index in [2.05, 4.69) is 5.32 Å². The summed E-state index contributed by atoms with van der Waals surface area (Å²) in [5, 5.41) is 31.9. The number of carbonyl (C=O) groups excluding carboxylic acids is 1. The molecular weight excluding hydrogens is 488 g/mol.